The Morgan fingerprint density at radius 1 is 1.15 bits per heavy atom. The molecular weight excluding hydrogens is 853 g/mol. The molecule has 0 saturated heterocycles. The van der Waals surface area contributed by atoms with Crippen molar-refractivity contribution in [1.29, 1.82) is 5.26 Å². The summed E-state index contributed by atoms with van der Waals surface area (Å²) in [5.74, 6) is 0.909. The molecule has 0 fully saturated rings. The summed E-state index contributed by atoms with van der Waals surface area (Å²) in [5, 5.41) is 9.53. The first kappa shape index (κ1) is 33.9. The second-order valence-electron chi connectivity index (χ2n) is 9.89. The molecule has 1 aliphatic rings. The maximum atomic E-state index is 14.3. The number of fused-ring (bicyclic) bond motifs is 1. The van der Waals surface area contributed by atoms with Gasteiger partial charge in [0.2, 0.25) is 0 Å². The zero-order chi connectivity index (χ0) is 33.1. The molecule has 5 rings (SSSR count). The van der Waals surface area contributed by atoms with Crippen LogP contribution in [0, 0.1) is 14.9 Å². The van der Waals surface area contributed by atoms with E-state index in [0.29, 0.717) is 53.4 Å². The zero-order valence-electron chi connectivity index (χ0n) is 25.0. The number of halogens is 3. The first-order chi connectivity index (χ1) is 22.1. The number of rotatable bonds is 9. The summed E-state index contributed by atoms with van der Waals surface area (Å²) in [7, 11) is 3.05. The van der Waals surface area contributed by atoms with E-state index in [9.17, 15) is 14.9 Å². The van der Waals surface area contributed by atoms with Gasteiger partial charge in [0.1, 0.15) is 12.4 Å². The predicted octanol–water partition coefficient (Wildman–Crippen LogP) is 6.40. The maximum Gasteiger partial charge on any atom is 0.338 e. The summed E-state index contributed by atoms with van der Waals surface area (Å²) >= 11 is 10.6. The molecule has 46 heavy (non-hydrogen) atoms. The Morgan fingerprint density at radius 3 is 2.57 bits per heavy atom. The normalized spacial score (nSPS) is 14.3. The van der Waals surface area contributed by atoms with Gasteiger partial charge >= 0.3 is 5.97 Å². The minimum atomic E-state index is -0.868. The van der Waals surface area contributed by atoms with Gasteiger partial charge in [0.15, 0.2) is 16.3 Å². The van der Waals surface area contributed by atoms with E-state index in [1.54, 1.807) is 44.2 Å². The Bertz CT molecular complexity index is 2120. The van der Waals surface area contributed by atoms with Crippen LogP contribution in [-0.2, 0) is 16.1 Å². The van der Waals surface area contributed by atoms with E-state index in [1.807, 2.05) is 24.3 Å². The molecule has 3 aromatic carbocycles. The van der Waals surface area contributed by atoms with Crippen LogP contribution in [0.4, 0.5) is 0 Å². The average Bonchev–Trinajstić information content (AvgIpc) is 3.33. The fraction of sp³-hybridized carbons (Fsp3) is 0.212. The van der Waals surface area contributed by atoms with Crippen LogP contribution < -0.4 is 29.1 Å². The first-order valence-corrected chi connectivity index (χ1v) is 17.3. The third kappa shape index (κ3) is 6.67. The predicted molar refractivity (Wildman–Crippen MR) is 190 cm³/mol. The van der Waals surface area contributed by atoms with Gasteiger partial charge in [0.25, 0.3) is 5.56 Å². The number of hydrogen-bond acceptors (Lipinski definition) is 9. The molecule has 1 aromatic heterocycles. The van der Waals surface area contributed by atoms with E-state index >= 15 is 0 Å². The zero-order valence-corrected chi connectivity index (χ0v) is 31.2. The molecule has 0 bridgehead atoms. The van der Waals surface area contributed by atoms with Crippen LogP contribution in [0.15, 0.2) is 78.5 Å². The van der Waals surface area contributed by atoms with Crippen molar-refractivity contribution < 1.29 is 23.7 Å². The van der Waals surface area contributed by atoms with Crippen LogP contribution in [-0.4, -0.2) is 31.4 Å². The van der Waals surface area contributed by atoms with Crippen molar-refractivity contribution in [3.8, 4) is 23.3 Å². The van der Waals surface area contributed by atoms with Crippen molar-refractivity contribution >= 4 is 77.8 Å². The summed E-state index contributed by atoms with van der Waals surface area (Å²) in [6.45, 7) is 3.77. The van der Waals surface area contributed by atoms with Crippen molar-refractivity contribution in [2.75, 3.05) is 20.8 Å². The number of benzene rings is 3. The monoisotopic (exact) mass is 877 g/mol. The number of methoxy groups -OCH3 is 2. The van der Waals surface area contributed by atoms with Gasteiger partial charge in [-0.05, 0) is 78.4 Å². The molecule has 2 heterocycles. The van der Waals surface area contributed by atoms with Crippen molar-refractivity contribution in [3.05, 3.63) is 114 Å². The van der Waals surface area contributed by atoms with Gasteiger partial charge < -0.3 is 18.9 Å². The van der Waals surface area contributed by atoms with Crippen LogP contribution in [0.2, 0.25) is 0 Å². The molecule has 236 valence electrons. The van der Waals surface area contributed by atoms with E-state index in [0.717, 1.165) is 13.6 Å². The van der Waals surface area contributed by atoms with E-state index < -0.39 is 12.0 Å². The highest BCUT2D eigenvalue weighted by atomic mass is 127. The van der Waals surface area contributed by atoms with Gasteiger partial charge in [-0.15, -0.1) is 0 Å². The molecule has 4 aromatic rings. The number of carbonyl (C=O) groups excluding carboxylic acids is 1. The number of carbonyl (C=O) groups is 1. The average molecular weight is 879 g/mol. The number of thiazole rings is 1. The van der Waals surface area contributed by atoms with Crippen LogP contribution in [0.5, 0.6) is 17.2 Å². The van der Waals surface area contributed by atoms with Crippen LogP contribution in [0.3, 0.4) is 0 Å². The van der Waals surface area contributed by atoms with Gasteiger partial charge in [-0.25, -0.2) is 9.79 Å². The van der Waals surface area contributed by atoms with Gasteiger partial charge in [0, 0.05) is 20.1 Å². The maximum absolute atomic E-state index is 14.3. The molecule has 0 radical (unpaired) electrons. The van der Waals surface area contributed by atoms with Crippen molar-refractivity contribution in [3.63, 3.8) is 0 Å². The Morgan fingerprint density at radius 2 is 1.87 bits per heavy atom. The molecule has 0 amide bonds. The fourth-order valence-corrected chi connectivity index (χ4v) is 8.33. The number of allylic oxidation sites excluding steroid dienone is 1. The number of nitrogens with zero attached hydrogens (tertiary/aromatic N) is 3. The molecule has 1 atom stereocenters. The van der Waals surface area contributed by atoms with E-state index in [2.05, 4.69) is 65.5 Å². The fourth-order valence-electron chi connectivity index (χ4n) is 5.05. The van der Waals surface area contributed by atoms with Gasteiger partial charge in [-0.2, -0.15) is 5.26 Å². The standard InChI is InChI=1S/C33H26Br2IN3O6S/c1-5-44-32(41)28-17(2)38-33-39(29(28)22-13-25(42-3)26(43-4)14-23(22)35)31(40)27(46-33)11-20-10-21(34)12-24(36)30(20)45-16-19-9-7-6-8-18(19)15-37/h6-14,29H,5,16H2,1-4H3/b27-11-/t29-/m0/s1. The Kier molecular flexibility index (Phi) is 10.7. The number of nitriles is 1. The lowest BCUT2D eigenvalue weighted by Crippen LogP contribution is -2.40. The minimum Gasteiger partial charge on any atom is -0.493 e. The van der Waals surface area contributed by atoms with Crippen LogP contribution >= 0.6 is 65.8 Å². The molecule has 0 unspecified atom stereocenters. The van der Waals surface area contributed by atoms with Crippen LogP contribution in [0.25, 0.3) is 6.08 Å². The largest absolute Gasteiger partial charge is 0.493 e. The minimum absolute atomic E-state index is 0.156. The SMILES string of the molecule is CCOC(=O)C1=C(C)N=c2s/c(=C\c3cc(Br)cc(I)c3OCc3ccccc3C#N)c(=O)n2[C@H]1c1cc(OC)c(OC)cc1Br. The highest BCUT2D eigenvalue weighted by Gasteiger charge is 2.35. The van der Waals surface area contributed by atoms with Gasteiger partial charge in [0.05, 0.1) is 57.9 Å². The summed E-state index contributed by atoms with van der Waals surface area (Å²) in [5.41, 5.74) is 2.86. The van der Waals surface area contributed by atoms with Gasteiger partial charge in [-0.1, -0.05) is 61.4 Å². The molecule has 0 saturated carbocycles. The third-order valence-corrected chi connectivity index (χ3v) is 10.1. The number of esters is 1. The Labute approximate surface area is 299 Å². The molecule has 1 aliphatic heterocycles. The molecule has 9 nitrogen and oxygen atoms in total. The molecular formula is C33H26Br2IN3O6S. The van der Waals surface area contributed by atoms with Crippen molar-refractivity contribution in [2.45, 2.75) is 26.5 Å². The summed E-state index contributed by atoms with van der Waals surface area (Å²) in [4.78, 5) is 32.8. The lowest BCUT2D eigenvalue weighted by atomic mass is 9.95. The summed E-state index contributed by atoms with van der Waals surface area (Å²) in [6, 6.07) is 15.8. The Hall–Kier alpha value is -3.45. The number of hydrogen-bond donors (Lipinski definition) is 0. The lowest BCUT2D eigenvalue weighted by molar-refractivity contribution is -0.139. The van der Waals surface area contributed by atoms with Gasteiger partial charge in [-0.3, -0.25) is 9.36 Å². The second kappa shape index (κ2) is 14.5. The van der Waals surface area contributed by atoms with Crippen LogP contribution in [0.1, 0.15) is 42.1 Å². The highest BCUT2D eigenvalue weighted by molar-refractivity contribution is 14.1. The molecule has 13 heteroatoms. The van der Waals surface area contributed by atoms with Crippen molar-refractivity contribution in [2.24, 2.45) is 4.99 Å². The first-order valence-electron chi connectivity index (χ1n) is 13.8. The van der Waals surface area contributed by atoms with E-state index in [-0.39, 0.29) is 24.3 Å². The Balaban J connectivity index is 1.70. The van der Waals surface area contributed by atoms with E-state index in [4.69, 9.17) is 18.9 Å². The summed E-state index contributed by atoms with van der Waals surface area (Å²) < 4.78 is 26.9. The summed E-state index contributed by atoms with van der Waals surface area (Å²) in [6.07, 6.45) is 1.76. The molecule has 0 N–H and O–H groups in total. The van der Waals surface area contributed by atoms with E-state index in [1.165, 1.54) is 30.1 Å². The second-order valence-corrected chi connectivity index (χ2v) is 13.8. The topological polar surface area (TPSA) is 112 Å². The number of ether oxygens (including phenoxy) is 4. The number of aromatic nitrogens is 1. The highest BCUT2D eigenvalue weighted by Crippen LogP contribution is 2.41. The molecule has 0 aliphatic carbocycles. The third-order valence-electron chi connectivity index (χ3n) is 7.15. The van der Waals surface area contributed by atoms with Crippen molar-refractivity contribution in [1.82, 2.24) is 4.57 Å². The molecule has 0 spiro atoms. The lowest BCUT2D eigenvalue weighted by Gasteiger charge is -2.26. The smallest absolute Gasteiger partial charge is 0.338 e. The quantitative estimate of drug-likeness (QED) is 0.142.